The van der Waals surface area contributed by atoms with Crippen LogP contribution in [0.1, 0.15) is 22.3 Å². The summed E-state index contributed by atoms with van der Waals surface area (Å²) in [6, 6.07) is 6.18. The molecule has 3 aromatic rings. The highest BCUT2D eigenvalue weighted by atomic mass is 35.5. The third kappa shape index (κ3) is 1.85. The van der Waals surface area contributed by atoms with E-state index in [1.807, 2.05) is 19.9 Å². The molecule has 2 aromatic heterocycles. The first kappa shape index (κ1) is 12.7. The van der Waals surface area contributed by atoms with E-state index in [2.05, 4.69) is 27.4 Å². The van der Waals surface area contributed by atoms with E-state index >= 15 is 0 Å². The van der Waals surface area contributed by atoms with Crippen LogP contribution < -0.4 is 0 Å². The first-order valence-corrected chi connectivity index (χ1v) is 7.11. The molecule has 5 nitrogen and oxygen atoms in total. The van der Waals surface area contributed by atoms with Gasteiger partial charge in [-0.15, -0.1) is 10.2 Å². The fourth-order valence-corrected chi connectivity index (χ4v) is 2.80. The summed E-state index contributed by atoms with van der Waals surface area (Å²) in [6.45, 7) is 5.24. The molecule has 106 valence electrons. The number of hydrogen-bond acceptors (Lipinski definition) is 4. The van der Waals surface area contributed by atoms with E-state index in [0.717, 1.165) is 22.3 Å². The Morgan fingerprint density at radius 1 is 1.10 bits per heavy atom. The molecule has 0 radical (unpaired) electrons. The minimum atomic E-state index is 0.477. The minimum Gasteiger partial charge on any atom is -0.372 e. The molecule has 0 amide bonds. The van der Waals surface area contributed by atoms with Crippen molar-refractivity contribution in [2.45, 2.75) is 27.1 Å². The maximum absolute atomic E-state index is 6.20. The molecule has 0 atom stereocenters. The van der Waals surface area contributed by atoms with Gasteiger partial charge in [-0.2, -0.15) is 9.61 Å². The lowest BCUT2D eigenvalue weighted by atomic mass is 10.1. The molecule has 6 heteroatoms. The molecule has 3 heterocycles. The average molecular weight is 301 g/mol. The van der Waals surface area contributed by atoms with E-state index in [9.17, 15) is 0 Å². The Morgan fingerprint density at radius 2 is 1.90 bits per heavy atom. The van der Waals surface area contributed by atoms with Crippen LogP contribution in [0.4, 0.5) is 0 Å². The summed E-state index contributed by atoms with van der Waals surface area (Å²) in [4.78, 5) is 0. The van der Waals surface area contributed by atoms with Crippen molar-refractivity contribution in [3.8, 4) is 11.4 Å². The van der Waals surface area contributed by atoms with Crippen molar-refractivity contribution in [1.82, 2.24) is 19.8 Å². The Bertz CT molecular complexity index is 872. The SMILES string of the molecule is Cc1c(Cl)nn2c(-c3ccc4c(c3)COC4)nnc2c1C. The standard InChI is InChI=1S/C15H13ClN4O/c1-8-9(2)14-17-18-15(20(14)19-13(8)16)10-3-4-11-6-21-7-12(11)5-10/h3-5H,6-7H2,1-2H3. The zero-order valence-electron chi connectivity index (χ0n) is 11.7. The van der Waals surface area contributed by atoms with Crippen LogP contribution in [0.2, 0.25) is 5.15 Å². The molecule has 0 N–H and O–H groups in total. The number of halogens is 1. The van der Waals surface area contributed by atoms with Gasteiger partial charge in [0.25, 0.3) is 0 Å². The summed E-state index contributed by atoms with van der Waals surface area (Å²) in [5.74, 6) is 0.699. The lowest BCUT2D eigenvalue weighted by molar-refractivity contribution is 0.134. The van der Waals surface area contributed by atoms with E-state index in [-0.39, 0.29) is 0 Å². The van der Waals surface area contributed by atoms with Crippen LogP contribution in [0, 0.1) is 13.8 Å². The third-order valence-electron chi connectivity index (χ3n) is 4.02. The maximum atomic E-state index is 6.20. The van der Waals surface area contributed by atoms with Crippen molar-refractivity contribution in [2.24, 2.45) is 0 Å². The van der Waals surface area contributed by atoms with Gasteiger partial charge < -0.3 is 4.74 Å². The van der Waals surface area contributed by atoms with Crippen molar-refractivity contribution in [3.63, 3.8) is 0 Å². The van der Waals surface area contributed by atoms with Crippen LogP contribution >= 0.6 is 11.6 Å². The van der Waals surface area contributed by atoms with Crippen molar-refractivity contribution in [1.29, 1.82) is 0 Å². The third-order valence-corrected chi connectivity index (χ3v) is 4.37. The summed E-state index contributed by atoms with van der Waals surface area (Å²) >= 11 is 6.20. The average Bonchev–Trinajstić information content (AvgIpc) is 3.10. The largest absolute Gasteiger partial charge is 0.372 e. The monoisotopic (exact) mass is 300 g/mol. The molecule has 21 heavy (non-hydrogen) atoms. The molecule has 0 spiro atoms. The number of nitrogens with zero attached hydrogens (tertiary/aromatic N) is 4. The van der Waals surface area contributed by atoms with Gasteiger partial charge >= 0.3 is 0 Å². The molecule has 0 bridgehead atoms. The van der Waals surface area contributed by atoms with Gasteiger partial charge in [-0.05, 0) is 36.6 Å². The zero-order valence-corrected chi connectivity index (χ0v) is 12.5. The van der Waals surface area contributed by atoms with Crippen molar-refractivity contribution < 1.29 is 4.74 Å². The van der Waals surface area contributed by atoms with Crippen LogP contribution in [0.5, 0.6) is 0 Å². The summed E-state index contributed by atoms with van der Waals surface area (Å²) in [7, 11) is 0. The fourth-order valence-electron chi connectivity index (χ4n) is 2.58. The second-order valence-corrected chi connectivity index (χ2v) is 5.63. The second-order valence-electron chi connectivity index (χ2n) is 5.28. The van der Waals surface area contributed by atoms with Gasteiger partial charge in [-0.25, -0.2) is 0 Å². The van der Waals surface area contributed by atoms with E-state index in [0.29, 0.717) is 24.2 Å². The molecule has 4 rings (SSSR count). The van der Waals surface area contributed by atoms with Gasteiger partial charge in [-0.1, -0.05) is 23.7 Å². The Balaban J connectivity index is 1.95. The number of rotatable bonds is 1. The molecule has 0 unspecified atom stereocenters. The highest BCUT2D eigenvalue weighted by Gasteiger charge is 2.17. The van der Waals surface area contributed by atoms with Crippen LogP contribution in [0.3, 0.4) is 0 Å². The van der Waals surface area contributed by atoms with Gasteiger partial charge in [0.2, 0.25) is 0 Å². The molecule has 1 aromatic carbocycles. The van der Waals surface area contributed by atoms with E-state index in [1.165, 1.54) is 11.1 Å². The Kier molecular flexibility index (Phi) is 2.74. The number of aromatic nitrogens is 4. The van der Waals surface area contributed by atoms with Gasteiger partial charge in [0.1, 0.15) is 0 Å². The Labute approximate surface area is 126 Å². The number of hydrogen-bond donors (Lipinski definition) is 0. The summed E-state index contributed by atoms with van der Waals surface area (Å²) in [5.41, 5.74) is 6.07. The van der Waals surface area contributed by atoms with Crippen molar-refractivity contribution >= 4 is 17.2 Å². The molecule has 0 fully saturated rings. The summed E-state index contributed by atoms with van der Waals surface area (Å²) in [6.07, 6.45) is 0. The van der Waals surface area contributed by atoms with Crippen molar-refractivity contribution in [3.05, 3.63) is 45.6 Å². The first-order chi connectivity index (χ1) is 10.1. The zero-order chi connectivity index (χ0) is 14.6. The number of aryl methyl sites for hydroxylation is 1. The van der Waals surface area contributed by atoms with Crippen LogP contribution in [-0.4, -0.2) is 19.8 Å². The number of benzene rings is 1. The van der Waals surface area contributed by atoms with Crippen LogP contribution in [0.15, 0.2) is 18.2 Å². The van der Waals surface area contributed by atoms with Crippen LogP contribution in [0.25, 0.3) is 17.0 Å². The second kappa shape index (κ2) is 4.51. The van der Waals surface area contributed by atoms with Crippen LogP contribution in [-0.2, 0) is 18.0 Å². The first-order valence-electron chi connectivity index (χ1n) is 6.73. The Morgan fingerprint density at radius 3 is 2.76 bits per heavy atom. The van der Waals surface area contributed by atoms with Gasteiger partial charge in [0.15, 0.2) is 16.6 Å². The smallest absolute Gasteiger partial charge is 0.185 e. The minimum absolute atomic E-state index is 0.477. The molecular weight excluding hydrogens is 288 g/mol. The molecule has 1 aliphatic heterocycles. The maximum Gasteiger partial charge on any atom is 0.185 e. The fraction of sp³-hybridized carbons (Fsp3) is 0.267. The van der Waals surface area contributed by atoms with E-state index in [4.69, 9.17) is 16.3 Å². The molecular formula is C15H13ClN4O. The highest BCUT2D eigenvalue weighted by Crippen LogP contribution is 2.27. The van der Waals surface area contributed by atoms with Gasteiger partial charge in [-0.3, -0.25) is 0 Å². The van der Waals surface area contributed by atoms with Gasteiger partial charge in [0, 0.05) is 11.1 Å². The Hall–Kier alpha value is -1.98. The molecule has 0 aliphatic carbocycles. The predicted molar refractivity (Wildman–Crippen MR) is 79.2 cm³/mol. The predicted octanol–water partition coefficient (Wildman–Crippen LogP) is 3.09. The molecule has 0 saturated heterocycles. The summed E-state index contributed by atoms with van der Waals surface area (Å²) < 4.78 is 7.16. The normalized spacial score (nSPS) is 13.9. The van der Waals surface area contributed by atoms with Gasteiger partial charge in [0.05, 0.1) is 13.2 Å². The lowest BCUT2D eigenvalue weighted by Crippen LogP contribution is -2.00. The van der Waals surface area contributed by atoms with E-state index < -0.39 is 0 Å². The highest BCUT2D eigenvalue weighted by molar-refractivity contribution is 6.30. The molecule has 1 aliphatic rings. The van der Waals surface area contributed by atoms with E-state index in [1.54, 1.807) is 4.52 Å². The molecule has 0 saturated carbocycles. The number of ether oxygens (including phenoxy) is 1. The van der Waals surface area contributed by atoms with Crippen molar-refractivity contribution in [2.75, 3.05) is 0 Å². The quantitative estimate of drug-likeness (QED) is 0.693. The summed E-state index contributed by atoms with van der Waals surface area (Å²) in [5, 5.41) is 13.4. The number of fused-ring (bicyclic) bond motifs is 2. The topological polar surface area (TPSA) is 52.3 Å². The lowest BCUT2D eigenvalue weighted by Gasteiger charge is -2.06.